The Bertz CT molecular complexity index is 1100. The number of benzene rings is 2. The van der Waals surface area contributed by atoms with Crippen molar-refractivity contribution in [2.75, 3.05) is 18.4 Å². The molecule has 1 amide bonds. The smallest absolute Gasteiger partial charge is 0.255 e. The highest BCUT2D eigenvalue weighted by atomic mass is 16.1. The van der Waals surface area contributed by atoms with Crippen LogP contribution in [0.15, 0.2) is 42.5 Å². The third kappa shape index (κ3) is 3.39. The van der Waals surface area contributed by atoms with Crippen molar-refractivity contribution in [3.63, 3.8) is 0 Å². The van der Waals surface area contributed by atoms with Crippen LogP contribution in [0.4, 0.5) is 5.69 Å². The van der Waals surface area contributed by atoms with Crippen molar-refractivity contribution in [2.24, 2.45) is 0 Å². The van der Waals surface area contributed by atoms with Crippen LogP contribution in [0.3, 0.4) is 0 Å². The molecule has 6 nitrogen and oxygen atoms in total. The van der Waals surface area contributed by atoms with Gasteiger partial charge in [0.1, 0.15) is 5.82 Å². The molecule has 5 rings (SSSR count). The maximum Gasteiger partial charge on any atom is 0.255 e. The van der Waals surface area contributed by atoms with Crippen LogP contribution in [0, 0.1) is 11.3 Å². The Labute approximate surface area is 169 Å². The number of hydrogen-bond acceptors (Lipinski definition) is 4. The van der Waals surface area contributed by atoms with Gasteiger partial charge in [-0.25, -0.2) is 4.98 Å². The molecule has 146 valence electrons. The summed E-state index contributed by atoms with van der Waals surface area (Å²) in [5, 5.41) is 11.8. The predicted molar refractivity (Wildman–Crippen MR) is 112 cm³/mol. The summed E-state index contributed by atoms with van der Waals surface area (Å²) in [5.41, 5.74) is 3.85. The van der Waals surface area contributed by atoms with Gasteiger partial charge in [0, 0.05) is 43.3 Å². The highest BCUT2D eigenvalue weighted by Crippen LogP contribution is 2.27. The van der Waals surface area contributed by atoms with Gasteiger partial charge < -0.3 is 9.88 Å². The lowest BCUT2D eigenvalue weighted by Gasteiger charge is -2.36. The molecule has 6 heteroatoms. The topological polar surface area (TPSA) is 74.0 Å². The molecule has 0 spiro atoms. The number of nitrogens with zero attached hydrogens (tertiary/aromatic N) is 4. The number of nitriles is 1. The molecule has 0 saturated heterocycles. The number of nitrogens with one attached hydrogen (secondary N) is 1. The zero-order valence-electron chi connectivity index (χ0n) is 16.3. The number of anilines is 1. The van der Waals surface area contributed by atoms with E-state index in [2.05, 4.69) is 20.9 Å². The predicted octanol–water partition coefficient (Wildman–Crippen LogP) is 3.57. The van der Waals surface area contributed by atoms with E-state index < -0.39 is 0 Å². The Morgan fingerprint density at radius 3 is 2.66 bits per heavy atom. The van der Waals surface area contributed by atoms with Crippen molar-refractivity contribution in [1.82, 2.24) is 14.5 Å². The summed E-state index contributed by atoms with van der Waals surface area (Å²) in [4.78, 5) is 20.2. The van der Waals surface area contributed by atoms with Crippen molar-refractivity contribution >= 4 is 22.6 Å². The first-order valence-electron chi connectivity index (χ1n) is 10.3. The summed E-state index contributed by atoms with van der Waals surface area (Å²) in [5.74, 6) is 0.961. The Kier molecular flexibility index (Phi) is 4.53. The number of fused-ring (bicyclic) bond motifs is 3. The second-order valence-corrected chi connectivity index (χ2v) is 7.90. The normalized spacial score (nSPS) is 17.2. The van der Waals surface area contributed by atoms with E-state index in [1.165, 1.54) is 19.3 Å². The maximum absolute atomic E-state index is 12.7. The minimum atomic E-state index is -0.156. The van der Waals surface area contributed by atoms with Gasteiger partial charge in [-0.1, -0.05) is 6.42 Å². The molecular weight excluding hydrogens is 362 g/mol. The van der Waals surface area contributed by atoms with Crippen molar-refractivity contribution in [3.8, 4) is 6.07 Å². The van der Waals surface area contributed by atoms with Gasteiger partial charge in [0.25, 0.3) is 5.91 Å². The summed E-state index contributed by atoms with van der Waals surface area (Å²) in [6.45, 7) is 3.04. The van der Waals surface area contributed by atoms with Gasteiger partial charge in [-0.05, 0) is 55.3 Å². The minimum Gasteiger partial charge on any atom is -0.327 e. The van der Waals surface area contributed by atoms with Gasteiger partial charge in [-0.2, -0.15) is 5.26 Å². The zero-order chi connectivity index (χ0) is 19.8. The molecule has 0 unspecified atom stereocenters. The van der Waals surface area contributed by atoms with E-state index in [1.807, 2.05) is 18.2 Å². The molecule has 2 aromatic carbocycles. The zero-order valence-corrected chi connectivity index (χ0v) is 16.3. The summed E-state index contributed by atoms with van der Waals surface area (Å²) in [6.07, 6.45) is 4.95. The monoisotopic (exact) mass is 385 g/mol. The fourth-order valence-corrected chi connectivity index (χ4v) is 4.29. The molecule has 29 heavy (non-hydrogen) atoms. The number of carbonyl (C=O) groups excluding carboxylic acids is 1. The number of hydrogen-bond donors (Lipinski definition) is 1. The molecule has 1 saturated carbocycles. The van der Waals surface area contributed by atoms with E-state index in [9.17, 15) is 4.79 Å². The molecule has 1 aliphatic carbocycles. The maximum atomic E-state index is 12.7. The molecule has 1 fully saturated rings. The number of aromatic nitrogens is 2. The molecule has 1 N–H and O–H groups in total. The quantitative estimate of drug-likeness (QED) is 0.748. The average Bonchev–Trinajstić information content (AvgIpc) is 2.93. The lowest BCUT2D eigenvalue weighted by molar-refractivity contribution is 0.102. The van der Waals surface area contributed by atoms with E-state index in [0.717, 1.165) is 49.0 Å². The third-order valence-electron chi connectivity index (χ3n) is 6.19. The van der Waals surface area contributed by atoms with Crippen LogP contribution in [-0.2, 0) is 13.0 Å². The number of rotatable bonds is 3. The van der Waals surface area contributed by atoms with Gasteiger partial charge in [0.15, 0.2) is 0 Å². The molecule has 1 aliphatic heterocycles. The van der Waals surface area contributed by atoms with Crippen molar-refractivity contribution < 1.29 is 4.79 Å². The molecular formula is C23H23N5O. The Morgan fingerprint density at radius 2 is 1.93 bits per heavy atom. The lowest BCUT2D eigenvalue weighted by Crippen LogP contribution is -2.41. The van der Waals surface area contributed by atoms with Crippen LogP contribution < -0.4 is 5.32 Å². The molecule has 0 bridgehead atoms. The van der Waals surface area contributed by atoms with Crippen LogP contribution >= 0.6 is 0 Å². The number of carbonyl (C=O) groups is 1. The molecule has 1 aromatic heterocycles. The standard InChI is InChI=1S/C23H23N5O/c24-15-16-4-7-18(8-5-16)25-23(29)17-6-9-20-21(14-17)28-13-12-27(19-2-1-3-19)11-10-22(28)26-20/h4-9,14,19H,1-3,10-13H2,(H,25,29). The van der Waals surface area contributed by atoms with Crippen molar-refractivity contribution in [3.05, 3.63) is 59.4 Å². The largest absolute Gasteiger partial charge is 0.327 e. The first-order valence-corrected chi connectivity index (χ1v) is 10.3. The van der Waals surface area contributed by atoms with Gasteiger partial charge >= 0.3 is 0 Å². The summed E-state index contributed by atoms with van der Waals surface area (Å²) < 4.78 is 2.28. The fraction of sp³-hybridized carbons (Fsp3) is 0.348. The highest BCUT2D eigenvalue weighted by molar-refractivity contribution is 6.06. The molecule has 0 radical (unpaired) electrons. The van der Waals surface area contributed by atoms with E-state index in [1.54, 1.807) is 24.3 Å². The molecule has 0 atom stereocenters. The second-order valence-electron chi connectivity index (χ2n) is 7.90. The van der Waals surface area contributed by atoms with E-state index >= 15 is 0 Å². The fourth-order valence-electron chi connectivity index (χ4n) is 4.29. The molecule has 3 aromatic rings. The highest BCUT2D eigenvalue weighted by Gasteiger charge is 2.27. The lowest BCUT2D eigenvalue weighted by atomic mass is 9.91. The number of imidazole rings is 1. The first kappa shape index (κ1) is 17.9. The SMILES string of the molecule is N#Cc1ccc(NC(=O)c2ccc3nc4n(c3c2)CCN(C2CCC2)CC4)cc1. The number of amides is 1. The summed E-state index contributed by atoms with van der Waals surface area (Å²) >= 11 is 0. The minimum absolute atomic E-state index is 0.156. The average molecular weight is 385 g/mol. The molecule has 2 heterocycles. The Morgan fingerprint density at radius 1 is 1.10 bits per heavy atom. The van der Waals surface area contributed by atoms with Crippen molar-refractivity contribution in [1.29, 1.82) is 5.26 Å². The second kappa shape index (κ2) is 7.34. The van der Waals surface area contributed by atoms with Crippen LogP contribution in [0.1, 0.15) is 41.0 Å². The van der Waals surface area contributed by atoms with Gasteiger partial charge in [0.05, 0.1) is 22.7 Å². The summed E-state index contributed by atoms with van der Waals surface area (Å²) in [7, 11) is 0. The van der Waals surface area contributed by atoms with Crippen LogP contribution in [0.5, 0.6) is 0 Å². The Hall–Kier alpha value is -3.17. The van der Waals surface area contributed by atoms with Gasteiger partial charge in [0.2, 0.25) is 0 Å². The van der Waals surface area contributed by atoms with E-state index in [0.29, 0.717) is 16.8 Å². The van der Waals surface area contributed by atoms with Crippen molar-refractivity contribution in [2.45, 2.75) is 38.3 Å². The van der Waals surface area contributed by atoms with Crippen LogP contribution in [-0.4, -0.2) is 39.5 Å². The van der Waals surface area contributed by atoms with Gasteiger partial charge in [-0.3, -0.25) is 9.69 Å². The van der Waals surface area contributed by atoms with Crippen LogP contribution in [0.25, 0.3) is 11.0 Å². The van der Waals surface area contributed by atoms with Gasteiger partial charge in [-0.15, -0.1) is 0 Å². The third-order valence-corrected chi connectivity index (χ3v) is 6.19. The van der Waals surface area contributed by atoms with E-state index in [-0.39, 0.29) is 5.91 Å². The Balaban J connectivity index is 1.38. The van der Waals surface area contributed by atoms with E-state index in [4.69, 9.17) is 10.2 Å². The molecule has 2 aliphatic rings. The first-order chi connectivity index (χ1) is 14.2. The summed E-state index contributed by atoms with van der Waals surface area (Å²) in [6, 6.07) is 15.4. The van der Waals surface area contributed by atoms with Crippen LogP contribution in [0.2, 0.25) is 0 Å².